The van der Waals surface area contributed by atoms with E-state index in [1.54, 1.807) is 6.07 Å². The highest BCUT2D eigenvalue weighted by Crippen LogP contribution is 2.28. The maximum absolute atomic E-state index is 11.3. The summed E-state index contributed by atoms with van der Waals surface area (Å²) in [6.45, 7) is 0. The lowest BCUT2D eigenvalue weighted by Gasteiger charge is -1.95. The summed E-state index contributed by atoms with van der Waals surface area (Å²) in [5.74, 6) is -0.363. The minimum atomic E-state index is -0.363. The minimum Gasteiger partial charge on any atom is -0.464 e. The van der Waals surface area contributed by atoms with Crippen LogP contribution in [-0.2, 0) is 4.74 Å². The van der Waals surface area contributed by atoms with Crippen LogP contribution in [0.25, 0.3) is 10.9 Å². The van der Waals surface area contributed by atoms with Gasteiger partial charge in [-0.1, -0.05) is 0 Å². The topological polar surface area (TPSA) is 42.1 Å². The Morgan fingerprint density at radius 1 is 1.27 bits per heavy atom. The molecule has 0 bridgehead atoms. The average Bonchev–Trinajstić information content (AvgIpc) is 2.60. The molecule has 78 valence electrons. The molecule has 0 amide bonds. The standard InChI is InChI=1S/C10H7Br2NO2/c1-15-10(14)9-3-5-2-6(11)7(12)4-8(5)13-9/h2-4,13H,1H3. The van der Waals surface area contributed by atoms with Gasteiger partial charge in [-0.25, -0.2) is 4.79 Å². The van der Waals surface area contributed by atoms with Crippen molar-refractivity contribution in [2.75, 3.05) is 7.11 Å². The van der Waals surface area contributed by atoms with Gasteiger partial charge in [-0.3, -0.25) is 0 Å². The van der Waals surface area contributed by atoms with Crippen LogP contribution in [0, 0.1) is 0 Å². The van der Waals surface area contributed by atoms with E-state index >= 15 is 0 Å². The second-order valence-electron chi connectivity index (χ2n) is 3.03. The summed E-state index contributed by atoms with van der Waals surface area (Å²) in [4.78, 5) is 14.3. The van der Waals surface area contributed by atoms with Crippen molar-refractivity contribution < 1.29 is 9.53 Å². The van der Waals surface area contributed by atoms with E-state index < -0.39 is 0 Å². The van der Waals surface area contributed by atoms with Crippen LogP contribution >= 0.6 is 31.9 Å². The van der Waals surface area contributed by atoms with Crippen molar-refractivity contribution in [2.24, 2.45) is 0 Å². The average molecular weight is 333 g/mol. The van der Waals surface area contributed by atoms with Gasteiger partial charge in [0.1, 0.15) is 5.69 Å². The largest absolute Gasteiger partial charge is 0.464 e. The molecule has 2 rings (SSSR count). The van der Waals surface area contributed by atoms with E-state index in [9.17, 15) is 4.79 Å². The van der Waals surface area contributed by atoms with E-state index in [2.05, 4.69) is 41.6 Å². The van der Waals surface area contributed by atoms with Gasteiger partial charge in [0.15, 0.2) is 0 Å². The molecule has 5 heteroatoms. The molecular weight excluding hydrogens is 326 g/mol. The molecule has 0 aliphatic heterocycles. The number of halogens is 2. The Bertz CT molecular complexity index is 494. The van der Waals surface area contributed by atoms with Gasteiger partial charge in [-0.05, 0) is 50.1 Å². The van der Waals surface area contributed by atoms with Crippen molar-refractivity contribution in [3.8, 4) is 0 Å². The maximum Gasteiger partial charge on any atom is 0.354 e. The van der Waals surface area contributed by atoms with E-state index in [0.717, 1.165) is 19.8 Å². The fourth-order valence-electron chi connectivity index (χ4n) is 1.35. The third-order valence-electron chi connectivity index (χ3n) is 2.07. The Labute approximate surface area is 103 Å². The Hall–Kier alpha value is -0.810. The van der Waals surface area contributed by atoms with Gasteiger partial charge < -0.3 is 9.72 Å². The molecule has 3 nitrogen and oxygen atoms in total. The van der Waals surface area contributed by atoms with Crippen molar-refractivity contribution >= 4 is 48.7 Å². The van der Waals surface area contributed by atoms with Crippen molar-refractivity contribution in [1.29, 1.82) is 0 Å². The molecule has 1 heterocycles. The zero-order valence-corrected chi connectivity index (χ0v) is 11.0. The van der Waals surface area contributed by atoms with Gasteiger partial charge in [0.2, 0.25) is 0 Å². The second kappa shape index (κ2) is 3.98. The van der Waals surface area contributed by atoms with Crippen LogP contribution in [0.15, 0.2) is 27.1 Å². The molecule has 15 heavy (non-hydrogen) atoms. The first-order valence-corrected chi connectivity index (χ1v) is 5.76. The van der Waals surface area contributed by atoms with Gasteiger partial charge in [-0.2, -0.15) is 0 Å². The lowest BCUT2D eigenvalue weighted by Crippen LogP contribution is -2.00. The Kier molecular flexibility index (Phi) is 2.84. The molecular formula is C10H7Br2NO2. The van der Waals surface area contributed by atoms with Crippen LogP contribution in [0.3, 0.4) is 0 Å². The first-order valence-electron chi connectivity index (χ1n) is 4.18. The fraction of sp³-hybridized carbons (Fsp3) is 0.100. The van der Waals surface area contributed by atoms with Crippen LogP contribution in [0.5, 0.6) is 0 Å². The summed E-state index contributed by atoms with van der Waals surface area (Å²) >= 11 is 6.80. The zero-order chi connectivity index (χ0) is 11.0. The zero-order valence-electron chi connectivity index (χ0n) is 7.80. The Balaban J connectivity index is 2.61. The van der Waals surface area contributed by atoms with Crippen LogP contribution in [0.2, 0.25) is 0 Å². The predicted octanol–water partition coefficient (Wildman–Crippen LogP) is 3.48. The first kappa shape index (κ1) is 10.7. The van der Waals surface area contributed by atoms with Crippen LogP contribution in [-0.4, -0.2) is 18.1 Å². The van der Waals surface area contributed by atoms with Crippen molar-refractivity contribution in [2.45, 2.75) is 0 Å². The number of rotatable bonds is 1. The van der Waals surface area contributed by atoms with Crippen molar-refractivity contribution in [3.05, 3.63) is 32.8 Å². The molecule has 1 aromatic carbocycles. The molecule has 0 aliphatic rings. The monoisotopic (exact) mass is 331 g/mol. The maximum atomic E-state index is 11.3. The van der Waals surface area contributed by atoms with Gasteiger partial charge >= 0.3 is 5.97 Å². The number of esters is 1. The number of carbonyl (C=O) groups is 1. The number of aromatic amines is 1. The number of benzene rings is 1. The number of fused-ring (bicyclic) bond motifs is 1. The summed E-state index contributed by atoms with van der Waals surface area (Å²) in [5.41, 5.74) is 1.35. The number of hydrogen-bond donors (Lipinski definition) is 1. The van der Waals surface area contributed by atoms with Crippen LogP contribution in [0.1, 0.15) is 10.5 Å². The minimum absolute atomic E-state index is 0.363. The van der Waals surface area contributed by atoms with Crippen molar-refractivity contribution in [3.63, 3.8) is 0 Å². The normalized spacial score (nSPS) is 10.6. The number of H-pyrrole nitrogens is 1. The Morgan fingerprint density at radius 2 is 1.93 bits per heavy atom. The second-order valence-corrected chi connectivity index (χ2v) is 4.74. The molecule has 0 saturated heterocycles. The number of nitrogens with one attached hydrogen (secondary N) is 1. The molecule has 0 radical (unpaired) electrons. The fourth-order valence-corrected chi connectivity index (χ4v) is 2.05. The van der Waals surface area contributed by atoms with E-state index in [-0.39, 0.29) is 5.97 Å². The highest BCUT2D eigenvalue weighted by atomic mass is 79.9. The molecule has 0 unspecified atom stereocenters. The molecule has 2 aromatic rings. The summed E-state index contributed by atoms with van der Waals surface area (Å²) < 4.78 is 6.52. The lowest BCUT2D eigenvalue weighted by atomic mass is 10.2. The number of ether oxygens (including phenoxy) is 1. The summed E-state index contributed by atoms with van der Waals surface area (Å²) in [6.07, 6.45) is 0. The van der Waals surface area contributed by atoms with E-state index in [0.29, 0.717) is 5.69 Å². The third-order valence-corrected chi connectivity index (χ3v) is 3.91. The number of aromatic nitrogens is 1. The lowest BCUT2D eigenvalue weighted by molar-refractivity contribution is 0.0595. The SMILES string of the molecule is COC(=O)c1cc2cc(Br)c(Br)cc2[nH]1. The van der Waals surface area contributed by atoms with Crippen LogP contribution in [0.4, 0.5) is 0 Å². The molecule has 0 saturated carbocycles. The van der Waals surface area contributed by atoms with Gasteiger partial charge in [0.05, 0.1) is 7.11 Å². The summed E-state index contributed by atoms with van der Waals surface area (Å²) in [6, 6.07) is 5.60. The van der Waals surface area contributed by atoms with Crippen LogP contribution < -0.4 is 0 Å². The molecule has 1 aromatic heterocycles. The first-order chi connectivity index (χ1) is 7.11. The van der Waals surface area contributed by atoms with Gasteiger partial charge in [0.25, 0.3) is 0 Å². The quantitative estimate of drug-likeness (QED) is 0.812. The summed E-state index contributed by atoms with van der Waals surface area (Å²) in [7, 11) is 1.36. The molecule has 0 fully saturated rings. The van der Waals surface area contributed by atoms with E-state index in [1.807, 2.05) is 12.1 Å². The molecule has 0 atom stereocenters. The predicted molar refractivity (Wildman–Crippen MR) is 65.0 cm³/mol. The third kappa shape index (κ3) is 1.94. The highest BCUT2D eigenvalue weighted by Gasteiger charge is 2.10. The summed E-state index contributed by atoms with van der Waals surface area (Å²) in [5, 5.41) is 0.963. The highest BCUT2D eigenvalue weighted by molar-refractivity contribution is 9.13. The Morgan fingerprint density at radius 3 is 2.60 bits per heavy atom. The van der Waals surface area contributed by atoms with Gasteiger partial charge in [-0.15, -0.1) is 0 Å². The molecule has 0 spiro atoms. The van der Waals surface area contributed by atoms with E-state index in [1.165, 1.54) is 7.11 Å². The molecule has 0 aliphatic carbocycles. The van der Waals surface area contributed by atoms with Crippen molar-refractivity contribution in [1.82, 2.24) is 4.98 Å². The van der Waals surface area contributed by atoms with E-state index in [4.69, 9.17) is 0 Å². The van der Waals surface area contributed by atoms with Gasteiger partial charge in [0, 0.05) is 19.8 Å². The number of carbonyl (C=O) groups excluding carboxylic acids is 1. The number of hydrogen-bond acceptors (Lipinski definition) is 2. The number of methoxy groups -OCH3 is 1. The smallest absolute Gasteiger partial charge is 0.354 e. The molecule has 1 N–H and O–H groups in total.